The zero-order chi connectivity index (χ0) is 20.8. The minimum atomic E-state index is -0.511. The van der Waals surface area contributed by atoms with Gasteiger partial charge in [-0.2, -0.15) is 0 Å². The summed E-state index contributed by atoms with van der Waals surface area (Å²) in [4.78, 5) is 24.2. The summed E-state index contributed by atoms with van der Waals surface area (Å²) in [5.74, 6) is 1.51. The Balaban J connectivity index is 1.48. The van der Waals surface area contributed by atoms with Crippen LogP contribution in [0.25, 0.3) is 0 Å². The molecule has 0 aliphatic carbocycles. The number of nitrogens with one attached hydrogen (secondary N) is 1. The van der Waals surface area contributed by atoms with Gasteiger partial charge in [-0.05, 0) is 42.3 Å². The molecule has 2 aromatic carbocycles. The molecule has 0 fully saturated rings. The summed E-state index contributed by atoms with van der Waals surface area (Å²) in [5.41, 5.74) is 1.56. The second-order valence-electron chi connectivity index (χ2n) is 6.43. The maximum absolute atomic E-state index is 12.1. The van der Waals surface area contributed by atoms with Crippen LogP contribution in [0.15, 0.2) is 36.4 Å². The number of benzene rings is 2. The van der Waals surface area contributed by atoms with E-state index in [9.17, 15) is 9.59 Å². The molecular formula is C21H23NO7. The van der Waals surface area contributed by atoms with Gasteiger partial charge in [0.1, 0.15) is 0 Å². The first-order valence-electron chi connectivity index (χ1n) is 9.05. The number of rotatable bonds is 8. The lowest BCUT2D eigenvalue weighted by Crippen LogP contribution is -2.31. The van der Waals surface area contributed by atoms with Crippen molar-refractivity contribution in [3.05, 3.63) is 47.5 Å². The molecule has 3 rings (SSSR count). The molecule has 1 heterocycles. The van der Waals surface area contributed by atoms with Crippen LogP contribution in [0.4, 0.5) is 0 Å². The Morgan fingerprint density at radius 1 is 1.03 bits per heavy atom. The Morgan fingerprint density at radius 3 is 2.55 bits per heavy atom. The molecule has 1 aliphatic heterocycles. The SMILES string of the molecule is COc1ccc(CC(=O)OCC(=O)N[C@@H](C)c2ccc3c(c2)OCO3)cc1OC. The van der Waals surface area contributed by atoms with Crippen molar-refractivity contribution >= 4 is 11.9 Å². The molecule has 0 spiro atoms. The van der Waals surface area contributed by atoms with Crippen molar-refractivity contribution in [2.45, 2.75) is 19.4 Å². The molecule has 0 unspecified atom stereocenters. The minimum Gasteiger partial charge on any atom is -0.493 e. The van der Waals surface area contributed by atoms with Crippen molar-refractivity contribution in [2.75, 3.05) is 27.6 Å². The molecule has 0 bridgehead atoms. The Kier molecular flexibility index (Phi) is 6.43. The first-order chi connectivity index (χ1) is 14.0. The van der Waals surface area contributed by atoms with E-state index >= 15 is 0 Å². The first-order valence-corrected chi connectivity index (χ1v) is 9.05. The first kappa shape index (κ1) is 20.3. The molecule has 0 saturated heterocycles. The molecule has 1 aliphatic rings. The minimum absolute atomic E-state index is 0.0192. The largest absolute Gasteiger partial charge is 0.493 e. The van der Waals surface area contributed by atoms with Crippen LogP contribution in [0.3, 0.4) is 0 Å². The zero-order valence-corrected chi connectivity index (χ0v) is 16.5. The molecule has 0 aromatic heterocycles. The van der Waals surface area contributed by atoms with E-state index in [0.717, 1.165) is 5.56 Å². The summed E-state index contributed by atoms with van der Waals surface area (Å²) >= 11 is 0. The average Bonchev–Trinajstić information content (AvgIpc) is 3.20. The van der Waals surface area contributed by atoms with Crippen LogP contribution in [0.2, 0.25) is 0 Å². The molecule has 1 N–H and O–H groups in total. The van der Waals surface area contributed by atoms with Gasteiger partial charge in [0, 0.05) is 0 Å². The third kappa shape index (κ3) is 5.10. The number of amides is 1. The third-order valence-corrected chi connectivity index (χ3v) is 4.43. The molecule has 8 heteroatoms. The Labute approximate surface area is 168 Å². The molecule has 2 aromatic rings. The Hall–Kier alpha value is -3.42. The van der Waals surface area contributed by atoms with Crippen molar-refractivity contribution in [2.24, 2.45) is 0 Å². The van der Waals surface area contributed by atoms with Crippen molar-refractivity contribution in [3.8, 4) is 23.0 Å². The summed E-state index contributed by atoms with van der Waals surface area (Å²) in [5, 5.41) is 2.79. The van der Waals surface area contributed by atoms with Crippen molar-refractivity contribution in [1.82, 2.24) is 5.32 Å². The van der Waals surface area contributed by atoms with Crippen LogP contribution in [-0.2, 0) is 20.7 Å². The average molecular weight is 401 g/mol. The fourth-order valence-corrected chi connectivity index (χ4v) is 2.90. The highest BCUT2D eigenvalue weighted by Gasteiger charge is 2.17. The highest BCUT2D eigenvalue weighted by atomic mass is 16.7. The number of fused-ring (bicyclic) bond motifs is 1. The van der Waals surface area contributed by atoms with Gasteiger partial charge in [0.25, 0.3) is 5.91 Å². The number of methoxy groups -OCH3 is 2. The molecule has 1 amide bonds. The van der Waals surface area contributed by atoms with Gasteiger partial charge in [0.15, 0.2) is 29.6 Å². The van der Waals surface area contributed by atoms with Crippen molar-refractivity contribution in [3.63, 3.8) is 0 Å². The van der Waals surface area contributed by atoms with Gasteiger partial charge in [-0.3, -0.25) is 9.59 Å². The smallest absolute Gasteiger partial charge is 0.310 e. The van der Waals surface area contributed by atoms with E-state index in [1.54, 1.807) is 24.3 Å². The predicted octanol–water partition coefficient (Wildman–Crippen LogP) is 2.40. The standard InChI is InChI=1S/C21H23NO7/c1-13(15-5-7-17-19(10-15)29-12-28-17)22-20(23)11-27-21(24)9-14-4-6-16(25-2)18(8-14)26-3/h4-8,10,13H,9,11-12H2,1-3H3,(H,22,23)/t13-/m0/s1. The highest BCUT2D eigenvalue weighted by molar-refractivity contribution is 5.81. The topological polar surface area (TPSA) is 92.3 Å². The maximum atomic E-state index is 12.1. The van der Waals surface area contributed by atoms with E-state index in [1.807, 2.05) is 19.1 Å². The molecule has 0 radical (unpaired) electrons. The fraction of sp³-hybridized carbons (Fsp3) is 0.333. The lowest BCUT2D eigenvalue weighted by atomic mass is 10.1. The number of carbonyl (C=O) groups is 2. The molecule has 1 atom stereocenters. The van der Waals surface area contributed by atoms with E-state index in [2.05, 4.69) is 5.32 Å². The van der Waals surface area contributed by atoms with Gasteiger partial charge in [-0.25, -0.2) is 0 Å². The highest BCUT2D eigenvalue weighted by Crippen LogP contribution is 2.34. The summed E-state index contributed by atoms with van der Waals surface area (Å²) in [6, 6.07) is 10.3. The van der Waals surface area contributed by atoms with Gasteiger partial charge in [-0.1, -0.05) is 12.1 Å². The van der Waals surface area contributed by atoms with Crippen molar-refractivity contribution < 1.29 is 33.3 Å². The molecule has 8 nitrogen and oxygen atoms in total. The summed E-state index contributed by atoms with van der Waals surface area (Å²) in [7, 11) is 3.06. The van der Waals surface area contributed by atoms with Gasteiger partial charge >= 0.3 is 5.97 Å². The molecule has 29 heavy (non-hydrogen) atoms. The van der Waals surface area contributed by atoms with E-state index in [-0.39, 0.29) is 25.9 Å². The Morgan fingerprint density at radius 2 is 1.79 bits per heavy atom. The van der Waals surface area contributed by atoms with Crippen LogP contribution in [0, 0.1) is 0 Å². The quantitative estimate of drug-likeness (QED) is 0.679. The number of ether oxygens (including phenoxy) is 5. The van der Waals surface area contributed by atoms with E-state index < -0.39 is 11.9 Å². The summed E-state index contributed by atoms with van der Waals surface area (Å²) in [6.45, 7) is 1.66. The van der Waals surface area contributed by atoms with E-state index in [4.69, 9.17) is 23.7 Å². The van der Waals surface area contributed by atoms with Crippen molar-refractivity contribution in [1.29, 1.82) is 0 Å². The maximum Gasteiger partial charge on any atom is 0.310 e. The summed E-state index contributed by atoms with van der Waals surface area (Å²) in [6.07, 6.45) is 0.0192. The van der Waals surface area contributed by atoms with Crippen LogP contribution < -0.4 is 24.3 Å². The predicted molar refractivity (Wildman–Crippen MR) is 103 cm³/mol. The van der Waals surface area contributed by atoms with Gasteiger partial charge in [0.2, 0.25) is 6.79 Å². The van der Waals surface area contributed by atoms with Crippen LogP contribution >= 0.6 is 0 Å². The third-order valence-electron chi connectivity index (χ3n) is 4.43. The van der Waals surface area contributed by atoms with Gasteiger partial charge < -0.3 is 29.0 Å². The normalized spacial score (nSPS) is 12.8. The number of carbonyl (C=O) groups excluding carboxylic acids is 2. The van der Waals surface area contributed by atoms with E-state index in [1.165, 1.54) is 14.2 Å². The molecule has 0 saturated carbocycles. The second-order valence-corrected chi connectivity index (χ2v) is 6.43. The van der Waals surface area contributed by atoms with Crippen LogP contribution in [-0.4, -0.2) is 39.5 Å². The second kappa shape index (κ2) is 9.18. The van der Waals surface area contributed by atoms with E-state index in [0.29, 0.717) is 28.6 Å². The Bertz CT molecular complexity index is 897. The fourth-order valence-electron chi connectivity index (χ4n) is 2.90. The van der Waals surface area contributed by atoms with Gasteiger partial charge in [0.05, 0.1) is 26.7 Å². The molecular weight excluding hydrogens is 378 g/mol. The monoisotopic (exact) mass is 401 g/mol. The van der Waals surface area contributed by atoms with Crippen LogP contribution in [0.5, 0.6) is 23.0 Å². The number of hydrogen-bond donors (Lipinski definition) is 1. The number of esters is 1. The summed E-state index contributed by atoms with van der Waals surface area (Å²) < 4.78 is 26.1. The lowest BCUT2D eigenvalue weighted by Gasteiger charge is -2.15. The number of hydrogen-bond acceptors (Lipinski definition) is 7. The van der Waals surface area contributed by atoms with Crippen LogP contribution in [0.1, 0.15) is 24.1 Å². The molecule has 154 valence electrons. The zero-order valence-electron chi connectivity index (χ0n) is 16.5. The van der Waals surface area contributed by atoms with Gasteiger partial charge in [-0.15, -0.1) is 0 Å². The lowest BCUT2D eigenvalue weighted by molar-refractivity contribution is -0.148.